The molecule has 0 N–H and O–H groups in total. The van der Waals surface area contributed by atoms with Crippen LogP contribution in [-0.4, -0.2) is 36.1 Å². The van der Waals surface area contributed by atoms with E-state index in [0.717, 1.165) is 46.5 Å². The molecule has 4 aromatic rings. The third-order valence-electron chi connectivity index (χ3n) is 6.09. The van der Waals surface area contributed by atoms with Crippen LogP contribution in [0.3, 0.4) is 0 Å². The van der Waals surface area contributed by atoms with E-state index in [9.17, 15) is 10.2 Å². The number of halogens is 2. The summed E-state index contributed by atoms with van der Waals surface area (Å²) in [6, 6.07) is 17.4. The largest absolute Gasteiger partial charge is 2.00 e. The van der Waals surface area contributed by atoms with Crippen molar-refractivity contribution in [2.24, 2.45) is 20.5 Å². The average molecular weight is 762 g/mol. The van der Waals surface area contributed by atoms with E-state index in [1.54, 1.807) is 48.8 Å². The molecule has 0 aliphatic carbocycles. The Balaban J connectivity index is 0.000000293. The summed E-state index contributed by atoms with van der Waals surface area (Å²) >= 11 is 6.60. The summed E-state index contributed by atoms with van der Waals surface area (Å²) in [7, 11) is 0. The Kier molecular flexibility index (Phi) is 15.4. The zero-order valence-electron chi connectivity index (χ0n) is 24.6. The fourth-order valence-electron chi connectivity index (χ4n) is 3.81. The summed E-state index contributed by atoms with van der Waals surface area (Å²) in [5.74, 6) is 0.649. The smallest absolute Gasteiger partial charge is 0.871 e. The van der Waals surface area contributed by atoms with Gasteiger partial charge in [-0.1, -0.05) is 11.5 Å². The first-order valence-electron chi connectivity index (χ1n) is 13.5. The van der Waals surface area contributed by atoms with E-state index >= 15 is 0 Å². The fourth-order valence-corrected chi connectivity index (χ4v) is 4.28. The number of anilines is 2. The molecule has 220 valence electrons. The van der Waals surface area contributed by atoms with Gasteiger partial charge in [-0.15, -0.1) is 20.5 Å². The van der Waals surface area contributed by atoms with Crippen molar-refractivity contribution in [1.29, 1.82) is 0 Å². The summed E-state index contributed by atoms with van der Waals surface area (Å²) in [6.45, 7) is 11.7. The molecule has 0 spiro atoms. The van der Waals surface area contributed by atoms with Crippen LogP contribution in [0.15, 0.2) is 102 Å². The van der Waals surface area contributed by atoms with Crippen molar-refractivity contribution in [3.63, 3.8) is 0 Å². The number of rotatable bonds is 10. The molecule has 13 heteroatoms. The van der Waals surface area contributed by atoms with Crippen molar-refractivity contribution in [2.75, 3.05) is 36.0 Å². The van der Waals surface area contributed by atoms with Crippen molar-refractivity contribution in [3.05, 3.63) is 82.0 Å². The van der Waals surface area contributed by atoms with Crippen LogP contribution in [0, 0.1) is 0 Å². The molecule has 0 saturated heterocycles. The quantitative estimate of drug-likeness (QED) is 0.118. The maximum Gasteiger partial charge on any atom is 2.00 e. The number of nitrogens with zero attached hydrogens (tertiary/aromatic N) is 8. The van der Waals surface area contributed by atoms with Gasteiger partial charge in [-0.3, -0.25) is 0 Å². The van der Waals surface area contributed by atoms with Crippen molar-refractivity contribution < 1.29 is 29.7 Å². The topological polar surface area (TPSA) is 128 Å². The Morgan fingerprint density at radius 2 is 0.953 bits per heavy atom. The molecule has 10 nitrogen and oxygen atoms in total. The predicted molar refractivity (Wildman–Crippen MR) is 171 cm³/mol. The SMILES string of the molecule is CCN(CC)c1ccc(N=Nc2ccc(Br)cn2)c([O-])c1.CCN(CC)c1ccc(N=Nc2ccc(Br)cn2)c([O-])c1.[Zn+2]. The van der Waals surface area contributed by atoms with Crippen LogP contribution >= 0.6 is 31.9 Å². The Labute approximate surface area is 282 Å². The molecular weight excluding hydrogens is 730 g/mol. The molecular formula is C30H32Br2N8O2Zn. The normalized spacial score (nSPS) is 10.7. The number of hydrogen-bond acceptors (Lipinski definition) is 10. The zero-order valence-corrected chi connectivity index (χ0v) is 30.8. The molecule has 43 heavy (non-hydrogen) atoms. The van der Waals surface area contributed by atoms with E-state index < -0.39 is 0 Å². The molecule has 0 radical (unpaired) electrons. The summed E-state index contributed by atoms with van der Waals surface area (Å²) in [5.41, 5.74) is 2.45. The van der Waals surface area contributed by atoms with Crippen molar-refractivity contribution >= 4 is 66.2 Å². The minimum absolute atomic E-state index is 0. The van der Waals surface area contributed by atoms with Gasteiger partial charge in [0.25, 0.3) is 0 Å². The first-order chi connectivity index (χ1) is 20.3. The van der Waals surface area contributed by atoms with E-state index in [4.69, 9.17) is 0 Å². The van der Waals surface area contributed by atoms with Gasteiger partial charge >= 0.3 is 19.5 Å². The second-order valence-corrected chi connectivity index (χ2v) is 10.5. The molecule has 0 aliphatic heterocycles. The number of hydrogen-bond donors (Lipinski definition) is 0. The van der Waals surface area contributed by atoms with Gasteiger partial charge in [0.2, 0.25) is 0 Å². The van der Waals surface area contributed by atoms with Gasteiger partial charge in [0.15, 0.2) is 11.6 Å². The van der Waals surface area contributed by atoms with E-state index in [1.165, 1.54) is 0 Å². The first-order valence-corrected chi connectivity index (χ1v) is 15.0. The Hall–Kier alpha value is -3.28. The minimum Gasteiger partial charge on any atom is -0.871 e. The molecule has 0 fully saturated rings. The maximum atomic E-state index is 12.0. The van der Waals surface area contributed by atoms with Crippen LogP contribution in [0.2, 0.25) is 0 Å². The second kappa shape index (κ2) is 18.4. The number of pyridine rings is 2. The molecule has 0 unspecified atom stereocenters. The van der Waals surface area contributed by atoms with Gasteiger partial charge < -0.3 is 20.0 Å². The third kappa shape index (κ3) is 11.1. The fraction of sp³-hybridized carbons (Fsp3) is 0.267. The molecule has 0 amide bonds. The monoisotopic (exact) mass is 758 g/mol. The van der Waals surface area contributed by atoms with E-state index in [2.05, 4.69) is 99.8 Å². The molecule has 4 rings (SSSR count). The molecule has 0 atom stereocenters. The van der Waals surface area contributed by atoms with E-state index in [1.807, 2.05) is 24.3 Å². The minimum atomic E-state index is -0.139. The number of azo groups is 2. The summed E-state index contributed by atoms with van der Waals surface area (Å²) < 4.78 is 1.74. The molecule has 0 saturated carbocycles. The van der Waals surface area contributed by atoms with Gasteiger partial charge in [-0.25, -0.2) is 9.97 Å². The van der Waals surface area contributed by atoms with Crippen molar-refractivity contribution in [3.8, 4) is 11.5 Å². The van der Waals surface area contributed by atoms with Gasteiger partial charge in [0, 0.05) is 58.9 Å². The summed E-state index contributed by atoms with van der Waals surface area (Å²) in [6.07, 6.45) is 3.27. The average Bonchev–Trinajstić information content (AvgIpc) is 2.99. The van der Waals surface area contributed by atoms with Crippen LogP contribution < -0.4 is 20.0 Å². The number of aromatic nitrogens is 2. The van der Waals surface area contributed by atoms with Crippen LogP contribution in [0.5, 0.6) is 11.5 Å². The van der Waals surface area contributed by atoms with Crippen LogP contribution in [0.25, 0.3) is 0 Å². The summed E-state index contributed by atoms with van der Waals surface area (Å²) in [5, 5.41) is 40.0. The van der Waals surface area contributed by atoms with E-state index in [0.29, 0.717) is 23.0 Å². The molecule has 2 aromatic carbocycles. The Morgan fingerprint density at radius 3 is 1.23 bits per heavy atom. The standard InChI is InChI=1S/2C15H17BrN4O.Zn/c2*1-3-20(4-2)12-6-7-13(14(21)9-12)18-19-15-8-5-11(16)10-17-15;/h2*5-10,21H,3-4H2,1-2H3;/q;;+2/p-2. The van der Waals surface area contributed by atoms with Crippen molar-refractivity contribution in [2.45, 2.75) is 27.7 Å². The van der Waals surface area contributed by atoms with Gasteiger partial charge in [-0.05, 0) is 120 Å². The predicted octanol–water partition coefficient (Wildman–Crippen LogP) is 8.36. The van der Waals surface area contributed by atoms with Crippen LogP contribution in [0.1, 0.15) is 27.7 Å². The zero-order chi connectivity index (χ0) is 30.5. The Morgan fingerprint density at radius 1 is 0.581 bits per heavy atom. The van der Waals surface area contributed by atoms with Crippen LogP contribution in [-0.2, 0) is 19.5 Å². The summed E-state index contributed by atoms with van der Waals surface area (Å²) in [4.78, 5) is 12.4. The molecule has 0 aliphatic rings. The first kappa shape index (κ1) is 35.9. The van der Waals surface area contributed by atoms with Gasteiger partial charge in [0.1, 0.15) is 0 Å². The van der Waals surface area contributed by atoms with E-state index in [-0.39, 0.29) is 31.0 Å². The Bertz CT molecular complexity index is 1370. The number of benzene rings is 2. The second-order valence-electron chi connectivity index (χ2n) is 8.72. The molecule has 2 heterocycles. The molecule has 0 bridgehead atoms. The van der Waals surface area contributed by atoms with Gasteiger partial charge in [0.05, 0.1) is 11.4 Å². The van der Waals surface area contributed by atoms with Gasteiger partial charge in [-0.2, -0.15) is 0 Å². The maximum absolute atomic E-state index is 12.0. The van der Waals surface area contributed by atoms with Crippen LogP contribution in [0.4, 0.5) is 34.4 Å². The third-order valence-corrected chi connectivity index (χ3v) is 7.03. The molecule has 2 aromatic heterocycles. The van der Waals surface area contributed by atoms with Crippen molar-refractivity contribution in [1.82, 2.24) is 9.97 Å².